The third-order valence-corrected chi connectivity index (χ3v) is 4.74. The lowest BCUT2D eigenvalue weighted by molar-refractivity contribution is 0.406. The van der Waals surface area contributed by atoms with Crippen molar-refractivity contribution in [2.75, 3.05) is 27.2 Å². The lowest BCUT2D eigenvalue weighted by Crippen LogP contribution is -2.39. The van der Waals surface area contributed by atoms with E-state index in [1.165, 1.54) is 10.4 Å². The van der Waals surface area contributed by atoms with Gasteiger partial charge >= 0.3 is 0 Å². The molecule has 6 heteroatoms. The first-order chi connectivity index (χ1) is 11.6. The average molecular weight is 347 g/mol. The van der Waals surface area contributed by atoms with E-state index in [1.54, 1.807) is 25.5 Å². The van der Waals surface area contributed by atoms with Gasteiger partial charge in [0.15, 0.2) is 5.96 Å². The predicted octanol–water partition coefficient (Wildman–Crippen LogP) is 2.97. The Morgan fingerprint density at radius 2 is 2.12 bits per heavy atom. The van der Waals surface area contributed by atoms with E-state index >= 15 is 0 Å². The molecule has 0 fully saturated rings. The molecule has 0 aliphatic rings. The molecule has 5 nitrogen and oxygen atoms in total. The highest BCUT2D eigenvalue weighted by Gasteiger charge is 2.11. The standard InChI is InChI=1S/C18H26N4OS/c1-13(15-7-5-6-8-16(15)23-4)11-22-18(19-3)20-10-9-17-21-12-14(2)24-17/h5-8,12-13H,9-11H2,1-4H3,(H2,19,20,22). The van der Waals surface area contributed by atoms with Gasteiger partial charge in [0.1, 0.15) is 5.75 Å². The van der Waals surface area contributed by atoms with Crippen molar-refractivity contribution < 1.29 is 4.74 Å². The Bertz CT molecular complexity index is 669. The van der Waals surface area contributed by atoms with Crippen LogP contribution in [0.5, 0.6) is 5.75 Å². The van der Waals surface area contributed by atoms with E-state index in [9.17, 15) is 0 Å². The maximum Gasteiger partial charge on any atom is 0.191 e. The summed E-state index contributed by atoms with van der Waals surface area (Å²) in [6, 6.07) is 8.13. The fourth-order valence-corrected chi connectivity index (χ4v) is 3.25. The molecule has 1 unspecified atom stereocenters. The predicted molar refractivity (Wildman–Crippen MR) is 101 cm³/mol. The number of aliphatic imine (C=N–C) groups is 1. The number of rotatable bonds is 7. The molecule has 1 aromatic carbocycles. The van der Waals surface area contributed by atoms with Crippen LogP contribution in [-0.4, -0.2) is 38.2 Å². The number of aromatic nitrogens is 1. The van der Waals surface area contributed by atoms with Gasteiger partial charge in [-0.1, -0.05) is 25.1 Å². The number of nitrogens with zero attached hydrogens (tertiary/aromatic N) is 2. The molecular weight excluding hydrogens is 320 g/mol. The largest absolute Gasteiger partial charge is 0.496 e. The number of hydrogen-bond donors (Lipinski definition) is 2. The monoisotopic (exact) mass is 346 g/mol. The zero-order chi connectivity index (χ0) is 17.4. The Morgan fingerprint density at radius 3 is 2.79 bits per heavy atom. The number of ether oxygens (including phenoxy) is 1. The molecule has 0 radical (unpaired) electrons. The Labute approximate surface area is 148 Å². The smallest absolute Gasteiger partial charge is 0.191 e. The first-order valence-corrected chi connectivity index (χ1v) is 8.94. The van der Waals surface area contributed by atoms with Gasteiger partial charge in [0.05, 0.1) is 12.1 Å². The molecule has 0 amide bonds. The van der Waals surface area contributed by atoms with Gasteiger partial charge in [-0.25, -0.2) is 4.98 Å². The summed E-state index contributed by atoms with van der Waals surface area (Å²) < 4.78 is 5.44. The molecule has 130 valence electrons. The van der Waals surface area contributed by atoms with Gasteiger partial charge in [-0.3, -0.25) is 4.99 Å². The van der Waals surface area contributed by atoms with Crippen LogP contribution in [0.15, 0.2) is 35.5 Å². The fraction of sp³-hybridized carbons (Fsp3) is 0.444. The quantitative estimate of drug-likeness (QED) is 0.598. The highest BCUT2D eigenvalue weighted by Crippen LogP contribution is 2.25. The maximum atomic E-state index is 5.44. The summed E-state index contributed by atoms with van der Waals surface area (Å²) in [4.78, 5) is 9.90. The molecule has 0 saturated carbocycles. The van der Waals surface area contributed by atoms with Crippen LogP contribution in [0.1, 0.15) is 28.3 Å². The minimum Gasteiger partial charge on any atom is -0.496 e. The molecule has 2 N–H and O–H groups in total. The molecule has 0 spiro atoms. The zero-order valence-electron chi connectivity index (χ0n) is 14.8. The van der Waals surface area contributed by atoms with Crippen LogP contribution in [-0.2, 0) is 6.42 Å². The highest BCUT2D eigenvalue weighted by atomic mass is 32.1. The summed E-state index contributed by atoms with van der Waals surface area (Å²) in [7, 11) is 3.50. The average Bonchev–Trinajstić information content (AvgIpc) is 3.02. The topological polar surface area (TPSA) is 58.5 Å². The fourth-order valence-electron chi connectivity index (χ4n) is 2.46. The van der Waals surface area contributed by atoms with Gasteiger partial charge in [-0.2, -0.15) is 0 Å². The van der Waals surface area contributed by atoms with Crippen molar-refractivity contribution in [3.8, 4) is 5.75 Å². The molecule has 1 aromatic heterocycles. The Kier molecular flexibility index (Phi) is 7.06. The lowest BCUT2D eigenvalue weighted by atomic mass is 10.0. The molecule has 0 saturated heterocycles. The van der Waals surface area contributed by atoms with Gasteiger partial charge in [-0.15, -0.1) is 11.3 Å². The van der Waals surface area contributed by atoms with Gasteiger partial charge in [0, 0.05) is 43.5 Å². The normalized spacial score (nSPS) is 12.8. The second-order valence-corrected chi connectivity index (χ2v) is 6.96. The first-order valence-electron chi connectivity index (χ1n) is 8.12. The Morgan fingerprint density at radius 1 is 1.33 bits per heavy atom. The molecular formula is C18H26N4OS. The van der Waals surface area contributed by atoms with Crippen molar-refractivity contribution in [3.63, 3.8) is 0 Å². The van der Waals surface area contributed by atoms with Crippen LogP contribution in [0.4, 0.5) is 0 Å². The molecule has 24 heavy (non-hydrogen) atoms. The Hall–Kier alpha value is -2.08. The number of thiazole rings is 1. The van der Waals surface area contributed by atoms with Gasteiger partial charge in [0.25, 0.3) is 0 Å². The third kappa shape index (κ3) is 5.23. The molecule has 0 aliphatic carbocycles. The van der Waals surface area contributed by atoms with Crippen LogP contribution in [0.3, 0.4) is 0 Å². The van der Waals surface area contributed by atoms with Crippen LogP contribution in [0.25, 0.3) is 0 Å². The first kappa shape index (κ1) is 18.3. The highest BCUT2D eigenvalue weighted by molar-refractivity contribution is 7.11. The molecule has 2 rings (SSSR count). The number of hydrogen-bond acceptors (Lipinski definition) is 4. The van der Waals surface area contributed by atoms with Gasteiger partial charge < -0.3 is 15.4 Å². The minimum atomic E-state index is 0.321. The Balaban J connectivity index is 1.80. The summed E-state index contributed by atoms with van der Waals surface area (Å²) in [5.41, 5.74) is 1.20. The minimum absolute atomic E-state index is 0.321. The van der Waals surface area contributed by atoms with Crippen molar-refractivity contribution in [1.82, 2.24) is 15.6 Å². The summed E-state index contributed by atoms with van der Waals surface area (Å²) >= 11 is 1.74. The SMILES string of the molecule is CN=C(NCCc1ncc(C)s1)NCC(C)c1ccccc1OC. The summed E-state index contributed by atoms with van der Waals surface area (Å²) in [6.45, 7) is 5.86. The van der Waals surface area contributed by atoms with Gasteiger partial charge in [0.2, 0.25) is 0 Å². The van der Waals surface area contributed by atoms with Crippen LogP contribution in [0, 0.1) is 6.92 Å². The molecule has 2 aromatic rings. The van der Waals surface area contributed by atoms with E-state index in [0.29, 0.717) is 5.92 Å². The van der Waals surface area contributed by atoms with Crippen molar-refractivity contribution in [1.29, 1.82) is 0 Å². The summed E-state index contributed by atoms with van der Waals surface area (Å²) in [6.07, 6.45) is 2.82. The van der Waals surface area contributed by atoms with E-state index in [0.717, 1.165) is 36.2 Å². The van der Waals surface area contributed by atoms with Crippen molar-refractivity contribution in [2.24, 2.45) is 4.99 Å². The number of para-hydroxylation sites is 1. The van der Waals surface area contributed by atoms with E-state index in [1.807, 2.05) is 24.4 Å². The van der Waals surface area contributed by atoms with Crippen molar-refractivity contribution in [3.05, 3.63) is 45.9 Å². The summed E-state index contributed by atoms with van der Waals surface area (Å²) in [5, 5.41) is 7.86. The number of guanidine groups is 1. The number of methoxy groups -OCH3 is 1. The number of benzene rings is 1. The van der Waals surface area contributed by atoms with Crippen molar-refractivity contribution in [2.45, 2.75) is 26.2 Å². The van der Waals surface area contributed by atoms with Crippen molar-refractivity contribution >= 4 is 17.3 Å². The van der Waals surface area contributed by atoms with Crippen LogP contribution in [0.2, 0.25) is 0 Å². The molecule has 1 atom stereocenters. The molecule has 0 aliphatic heterocycles. The number of aryl methyl sites for hydroxylation is 1. The van der Waals surface area contributed by atoms with E-state index in [2.05, 4.69) is 40.5 Å². The molecule has 0 bridgehead atoms. The zero-order valence-corrected chi connectivity index (χ0v) is 15.6. The second kappa shape index (κ2) is 9.27. The van der Waals surface area contributed by atoms with Crippen LogP contribution < -0.4 is 15.4 Å². The summed E-state index contributed by atoms with van der Waals surface area (Å²) in [5.74, 6) is 2.06. The maximum absolute atomic E-state index is 5.44. The van der Waals surface area contributed by atoms with Crippen LogP contribution >= 0.6 is 11.3 Å². The number of nitrogens with one attached hydrogen (secondary N) is 2. The van der Waals surface area contributed by atoms with Gasteiger partial charge in [-0.05, 0) is 18.6 Å². The lowest BCUT2D eigenvalue weighted by Gasteiger charge is -2.18. The molecule has 1 heterocycles. The van der Waals surface area contributed by atoms with E-state index in [-0.39, 0.29) is 0 Å². The van der Waals surface area contributed by atoms with E-state index < -0.39 is 0 Å². The second-order valence-electron chi connectivity index (χ2n) is 5.64. The third-order valence-electron chi connectivity index (χ3n) is 3.77. The van der Waals surface area contributed by atoms with E-state index in [4.69, 9.17) is 4.74 Å².